The van der Waals surface area contributed by atoms with Gasteiger partial charge in [0.25, 0.3) is 0 Å². The third kappa shape index (κ3) is 6.63. The summed E-state index contributed by atoms with van der Waals surface area (Å²) in [5, 5.41) is 0. The van der Waals surface area contributed by atoms with Crippen LogP contribution in [0.4, 0.5) is 0 Å². The summed E-state index contributed by atoms with van der Waals surface area (Å²) < 4.78 is 7.31. The molecule has 0 aliphatic rings. The van der Waals surface area contributed by atoms with E-state index in [0.29, 0.717) is 18.0 Å². The average Bonchev–Trinajstić information content (AvgIpc) is 2.66. The summed E-state index contributed by atoms with van der Waals surface area (Å²) in [6, 6.07) is 18.4. The smallest absolute Gasteiger partial charge is 0.123 e. The summed E-state index contributed by atoms with van der Waals surface area (Å²) in [4.78, 5) is 2.57. The van der Waals surface area contributed by atoms with Gasteiger partial charge in [-0.1, -0.05) is 59.6 Å². The lowest BCUT2D eigenvalue weighted by atomic mass is 9.87. The Hall–Kier alpha value is -1.32. The SMILES string of the molecule is CCCCOc1ccc(Br)cc1[C@H](CCN(C(C)C)C(C)C)c1ccccc1. The highest BCUT2D eigenvalue weighted by Crippen LogP contribution is 2.37. The van der Waals surface area contributed by atoms with Crippen molar-refractivity contribution in [2.75, 3.05) is 13.2 Å². The number of rotatable bonds is 11. The summed E-state index contributed by atoms with van der Waals surface area (Å²) in [7, 11) is 0. The van der Waals surface area contributed by atoms with Crippen LogP contribution in [0.15, 0.2) is 53.0 Å². The number of hydrogen-bond acceptors (Lipinski definition) is 2. The second kappa shape index (κ2) is 11.6. The lowest BCUT2D eigenvalue weighted by Crippen LogP contribution is -2.38. The highest BCUT2D eigenvalue weighted by atomic mass is 79.9. The van der Waals surface area contributed by atoms with Crippen molar-refractivity contribution < 1.29 is 4.74 Å². The molecule has 0 aliphatic heterocycles. The fraction of sp³-hybridized carbons (Fsp3) is 0.520. The van der Waals surface area contributed by atoms with E-state index in [0.717, 1.165) is 42.6 Å². The Kier molecular flexibility index (Phi) is 9.53. The van der Waals surface area contributed by atoms with Crippen LogP contribution in [0.3, 0.4) is 0 Å². The molecule has 0 heterocycles. The maximum Gasteiger partial charge on any atom is 0.123 e. The number of nitrogens with zero attached hydrogens (tertiary/aromatic N) is 1. The predicted octanol–water partition coefficient (Wildman–Crippen LogP) is 7.27. The largest absolute Gasteiger partial charge is 0.493 e. The Morgan fingerprint density at radius 3 is 2.25 bits per heavy atom. The van der Waals surface area contributed by atoms with E-state index in [-0.39, 0.29) is 0 Å². The Morgan fingerprint density at radius 1 is 0.964 bits per heavy atom. The van der Waals surface area contributed by atoms with Crippen molar-refractivity contribution >= 4 is 15.9 Å². The molecule has 2 nitrogen and oxygen atoms in total. The maximum absolute atomic E-state index is 6.20. The molecule has 2 aromatic rings. The molecule has 2 aromatic carbocycles. The molecular formula is C25H36BrNO. The van der Waals surface area contributed by atoms with Crippen molar-refractivity contribution in [3.63, 3.8) is 0 Å². The molecule has 0 saturated carbocycles. The number of unbranched alkanes of at least 4 members (excludes halogenated alkanes) is 1. The van der Waals surface area contributed by atoms with Crippen LogP contribution >= 0.6 is 15.9 Å². The molecule has 0 bridgehead atoms. The second-order valence-corrected chi connectivity index (χ2v) is 8.98. The van der Waals surface area contributed by atoms with E-state index in [9.17, 15) is 0 Å². The van der Waals surface area contributed by atoms with Gasteiger partial charge >= 0.3 is 0 Å². The molecule has 0 unspecified atom stereocenters. The first-order valence-corrected chi connectivity index (χ1v) is 11.5. The van der Waals surface area contributed by atoms with E-state index in [2.05, 4.69) is 104 Å². The van der Waals surface area contributed by atoms with Crippen molar-refractivity contribution in [2.24, 2.45) is 0 Å². The van der Waals surface area contributed by atoms with Crippen LogP contribution in [-0.2, 0) is 0 Å². The van der Waals surface area contributed by atoms with E-state index in [1.165, 1.54) is 11.1 Å². The molecule has 0 N–H and O–H groups in total. The summed E-state index contributed by atoms with van der Waals surface area (Å²) in [5.41, 5.74) is 2.64. The van der Waals surface area contributed by atoms with Gasteiger partial charge in [0, 0.05) is 28.0 Å². The molecule has 2 rings (SSSR count). The molecule has 3 heteroatoms. The zero-order valence-corrected chi connectivity index (χ0v) is 19.7. The fourth-order valence-corrected chi connectivity index (χ4v) is 4.21. The molecule has 0 spiro atoms. The minimum absolute atomic E-state index is 0.315. The van der Waals surface area contributed by atoms with Crippen LogP contribution in [0, 0.1) is 0 Å². The molecular weight excluding hydrogens is 410 g/mol. The third-order valence-corrected chi connectivity index (χ3v) is 5.80. The molecule has 0 radical (unpaired) electrons. The van der Waals surface area contributed by atoms with Crippen molar-refractivity contribution in [1.82, 2.24) is 4.90 Å². The molecule has 0 aliphatic carbocycles. The zero-order chi connectivity index (χ0) is 20.5. The van der Waals surface area contributed by atoms with Gasteiger partial charge in [0.1, 0.15) is 5.75 Å². The van der Waals surface area contributed by atoms with Gasteiger partial charge in [-0.3, -0.25) is 4.90 Å². The Labute approximate surface area is 180 Å². The summed E-state index contributed by atoms with van der Waals surface area (Å²) in [5.74, 6) is 1.33. The van der Waals surface area contributed by atoms with Crippen LogP contribution in [0.5, 0.6) is 5.75 Å². The molecule has 0 saturated heterocycles. The first-order chi connectivity index (χ1) is 13.4. The summed E-state index contributed by atoms with van der Waals surface area (Å²) in [6.07, 6.45) is 3.30. The molecule has 0 aromatic heterocycles. The van der Waals surface area contributed by atoms with Gasteiger partial charge in [0.15, 0.2) is 0 Å². The van der Waals surface area contributed by atoms with E-state index >= 15 is 0 Å². The highest BCUT2D eigenvalue weighted by Gasteiger charge is 2.22. The Morgan fingerprint density at radius 2 is 1.64 bits per heavy atom. The van der Waals surface area contributed by atoms with Gasteiger partial charge in [-0.2, -0.15) is 0 Å². The summed E-state index contributed by atoms with van der Waals surface area (Å²) in [6.45, 7) is 13.2. The molecule has 0 fully saturated rings. The Balaban J connectivity index is 2.35. The first-order valence-electron chi connectivity index (χ1n) is 10.7. The highest BCUT2D eigenvalue weighted by molar-refractivity contribution is 9.10. The molecule has 154 valence electrons. The quantitative estimate of drug-likeness (QED) is 0.337. The average molecular weight is 446 g/mol. The number of ether oxygens (including phenoxy) is 1. The van der Waals surface area contributed by atoms with Crippen molar-refractivity contribution in [3.05, 3.63) is 64.1 Å². The van der Waals surface area contributed by atoms with E-state index in [1.807, 2.05) is 0 Å². The molecule has 1 atom stereocenters. The summed E-state index contributed by atoms with van der Waals surface area (Å²) >= 11 is 3.68. The molecule has 28 heavy (non-hydrogen) atoms. The number of halogens is 1. The minimum atomic E-state index is 0.315. The minimum Gasteiger partial charge on any atom is -0.493 e. The van der Waals surface area contributed by atoms with E-state index < -0.39 is 0 Å². The van der Waals surface area contributed by atoms with Crippen molar-refractivity contribution in [1.29, 1.82) is 0 Å². The van der Waals surface area contributed by atoms with E-state index in [1.54, 1.807) is 0 Å². The van der Waals surface area contributed by atoms with Crippen LogP contribution in [-0.4, -0.2) is 30.1 Å². The standard InChI is InChI=1S/C25H36BrNO/c1-6-7-17-28-25-14-13-22(26)18-24(25)23(21-11-9-8-10-12-21)15-16-27(19(2)3)20(4)5/h8-14,18-20,23H,6-7,15-17H2,1-5H3/t23-/m1/s1. The third-order valence-electron chi connectivity index (χ3n) is 5.31. The zero-order valence-electron chi connectivity index (χ0n) is 18.1. The van der Waals surface area contributed by atoms with Gasteiger partial charge < -0.3 is 4.74 Å². The van der Waals surface area contributed by atoms with Crippen LogP contribution in [0.25, 0.3) is 0 Å². The van der Waals surface area contributed by atoms with Crippen LogP contribution in [0.1, 0.15) is 70.9 Å². The van der Waals surface area contributed by atoms with Gasteiger partial charge in [-0.15, -0.1) is 0 Å². The normalized spacial score (nSPS) is 12.8. The topological polar surface area (TPSA) is 12.5 Å². The Bertz CT molecular complexity index is 691. The second-order valence-electron chi connectivity index (χ2n) is 8.06. The lowest BCUT2D eigenvalue weighted by Gasteiger charge is -2.32. The molecule has 0 amide bonds. The van der Waals surface area contributed by atoms with Crippen LogP contribution in [0.2, 0.25) is 0 Å². The van der Waals surface area contributed by atoms with E-state index in [4.69, 9.17) is 4.74 Å². The fourth-order valence-electron chi connectivity index (χ4n) is 3.83. The van der Waals surface area contributed by atoms with Gasteiger partial charge in [-0.25, -0.2) is 0 Å². The number of hydrogen-bond donors (Lipinski definition) is 0. The van der Waals surface area contributed by atoms with Gasteiger partial charge in [0.2, 0.25) is 0 Å². The van der Waals surface area contributed by atoms with Gasteiger partial charge in [0.05, 0.1) is 6.61 Å². The van der Waals surface area contributed by atoms with Gasteiger partial charge in [-0.05, 0) is 70.8 Å². The van der Waals surface area contributed by atoms with Crippen LogP contribution < -0.4 is 4.74 Å². The first kappa shape index (κ1) is 23.0. The number of benzene rings is 2. The predicted molar refractivity (Wildman–Crippen MR) is 124 cm³/mol. The van der Waals surface area contributed by atoms with Crippen molar-refractivity contribution in [3.8, 4) is 5.75 Å². The maximum atomic E-state index is 6.20. The van der Waals surface area contributed by atoms with Crippen molar-refractivity contribution in [2.45, 2.75) is 71.9 Å². The monoisotopic (exact) mass is 445 g/mol. The lowest BCUT2D eigenvalue weighted by molar-refractivity contribution is 0.170.